The van der Waals surface area contributed by atoms with Gasteiger partial charge in [0.15, 0.2) is 6.61 Å². The first-order valence-corrected chi connectivity index (χ1v) is 24.6. The van der Waals surface area contributed by atoms with Crippen LogP contribution < -0.4 is 32.3 Å². The third kappa shape index (κ3) is 12.3. The van der Waals surface area contributed by atoms with Gasteiger partial charge in [-0.3, -0.25) is 53.7 Å². The Labute approximate surface area is 431 Å². The molecule has 2 fully saturated rings. The molecule has 2 aliphatic rings. The molecule has 2 aliphatic heterocycles. The van der Waals surface area contributed by atoms with Gasteiger partial charge in [-0.05, 0) is 97.4 Å². The number of imidazole rings is 2. The lowest BCUT2D eigenvalue weighted by atomic mass is 9.91. The molecule has 0 saturated carbocycles. The minimum Gasteiger partial charge on any atom is -0.491 e. The molecule has 1 spiro atoms. The van der Waals surface area contributed by atoms with Crippen LogP contribution in [-0.4, -0.2) is 148 Å². The summed E-state index contributed by atoms with van der Waals surface area (Å²) in [5.41, 5.74) is 16.6. The van der Waals surface area contributed by atoms with Crippen molar-refractivity contribution >= 4 is 69.6 Å². The van der Waals surface area contributed by atoms with Gasteiger partial charge in [0.05, 0.1) is 47.7 Å². The number of hydrogen-bond acceptors (Lipinski definition) is 15. The highest BCUT2D eigenvalue weighted by Gasteiger charge is 2.47. The summed E-state index contributed by atoms with van der Waals surface area (Å²) in [6, 6.07) is 11.3. The third-order valence-electron chi connectivity index (χ3n) is 12.4. The number of amides is 6. The first kappa shape index (κ1) is 53.1. The van der Waals surface area contributed by atoms with E-state index in [2.05, 4.69) is 36.2 Å². The first-order chi connectivity index (χ1) is 35.7. The second-order valence-electron chi connectivity index (χ2n) is 19.4. The molecule has 2 saturated heterocycles. The number of aryl methyl sites for hydroxylation is 4. The van der Waals surface area contributed by atoms with E-state index in [1.54, 1.807) is 100 Å². The number of rotatable bonds is 20. The number of anilines is 2. The molecule has 4 aromatic heterocycles. The van der Waals surface area contributed by atoms with Crippen LogP contribution in [0.5, 0.6) is 5.75 Å². The van der Waals surface area contributed by atoms with Gasteiger partial charge < -0.3 is 39.7 Å². The van der Waals surface area contributed by atoms with Crippen LogP contribution >= 0.6 is 0 Å². The predicted molar refractivity (Wildman–Crippen MR) is 274 cm³/mol. The molecule has 0 unspecified atom stereocenters. The minimum absolute atomic E-state index is 0.140. The van der Waals surface area contributed by atoms with Crippen LogP contribution in [0.15, 0.2) is 54.6 Å². The number of ether oxygens (including phenoxy) is 3. The standard InChI is InChI=1S/C50H63N15O10/c1-8-64-37(21-30(3)57-64)44(69)55-46-53-34-23-32(42(51)67)13-14-36(34)62(46)16-10-11-17-63-41-35(54-47(63)56-45(70)38-22-31(4)58-65(38)9-2)24-33(43(52)68)25-39(41)72-19-12-15-60-27-50(28-60)29-61(18-20-73-50)40(66)26-74-59-48(71)75-49(5,6)7/h10-11,13-14,21-25H,8-9,12,15-20,26-29H2,1-7H3,(H2,51,67)(H2,52,68)(H,59,71)(H,53,55,69)(H,54,56,70)/b11-10+. The number of likely N-dealkylation sites (tertiary alicyclic amines) is 1. The SMILES string of the molecule is CCn1nc(C)cc1C(=O)Nc1nc2cc(C(N)=O)ccc2n1C/C=C/Cn1c(NC(=O)c2cc(C)nn2CC)nc2cc(C(N)=O)cc(OCCCN3CC4(C3)CN(C(=O)CONC(=O)OC(C)(C)C)CCO4)c21. The van der Waals surface area contributed by atoms with E-state index < -0.39 is 40.9 Å². The summed E-state index contributed by atoms with van der Waals surface area (Å²) in [6.07, 6.45) is 3.49. The van der Waals surface area contributed by atoms with Crippen molar-refractivity contribution in [2.75, 3.05) is 63.2 Å². The van der Waals surface area contributed by atoms with Crippen LogP contribution in [0.4, 0.5) is 16.7 Å². The van der Waals surface area contributed by atoms with Crippen molar-refractivity contribution in [2.24, 2.45) is 11.5 Å². The van der Waals surface area contributed by atoms with Crippen LogP contribution in [0.1, 0.15) is 94.1 Å². The second kappa shape index (κ2) is 22.1. The molecule has 6 aromatic rings. The van der Waals surface area contributed by atoms with Gasteiger partial charge in [-0.15, -0.1) is 0 Å². The number of fused-ring (bicyclic) bond motifs is 2. The summed E-state index contributed by atoms with van der Waals surface area (Å²) >= 11 is 0. The summed E-state index contributed by atoms with van der Waals surface area (Å²) < 4.78 is 24.5. The van der Waals surface area contributed by atoms with Gasteiger partial charge in [-0.25, -0.2) is 14.8 Å². The van der Waals surface area contributed by atoms with Crippen LogP contribution in [-0.2, 0) is 45.3 Å². The lowest BCUT2D eigenvalue weighted by Gasteiger charge is -2.54. The molecule has 0 aliphatic carbocycles. The molecule has 8 rings (SSSR count). The highest BCUT2D eigenvalue weighted by molar-refractivity contribution is 6.05. The van der Waals surface area contributed by atoms with E-state index in [0.717, 1.165) is 0 Å². The van der Waals surface area contributed by atoms with E-state index >= 15 is 0 Å². The topological polar surface area (TPSA) is 305 Å². The van der Waals surface area contributed by atoms with Crippen LogP contribution in [0.25, 0.3) is 22.1 Å². The number of primary amides is 2. The Morgan fingerprint density at radius 1 is 0.787 bits per heavy atom. The largest absolute Gasteiger partial charge is 0.491 e. The lowest BCUT2D eigenvalue weighted by molar-refractivity contribution is -0.191. The summed E-state index contributed by atoms with van der Waals surface area (Å²) in [6.45, 7) is 16.6. The number of aromatic nitrogens is 8. The molecule has 0 bridgehead atoms. The normalized spacial score (nSPS) is 14.6. The Morgan fingerprint density at radius 3 is 2.00 bits per heavy atom. The molecular weight excluding hydrogens is 971 g/mol. The summed E-state index contributed by atoms with van der Waals surface area (Å²) in [5, 5.41) is 14.7. The summed E-state index contributed by atoms with van der Waals surface area (Å²) in [7, 11) is 0. The predicted octanol–water partition coefficient (Wildman–Crippen LogP) is 3.53. The second-order valence-corrected chi connectivity index (χ2v) is 19.4. The molecule has 0 radical (unpaired) electrons. The fourth-order valence-corrected chi connectivity index (χ4v) is 9.14. The van der Waals surface area contributed by atoms with E-state index in [9.17, 15) is 28.8 Å². The molecule has 2 aromatic carbocycles. The molecule has 25 heteroatoms. The van der Waals surface area contributed by atoms with Crippen LogP contribution in [0.2, 0.25) is 0 Å². The van der Waals surface area contributed by atoms with Crippen molar-refractivity contribution in [3.63, 3.8) is 0 Å². The van der Waals surface area contributed by atoms with E-state index in [4.69, 9.17) is 35.5 Å². The average molecular weight is 1030 g/mol. The van der Waals surface area contributed by atoms with Crippen molar-refractivity contribution in [3.8, 4) is 5.75 Å². The molecule has 6 heterocycles. The number of benzene rings is 2. The number of hydroxylamine groups is 1. The van der Waals surface area contributed by atoms with Gasteiger partial charge in [0.1, 0.15) is 33.9 Å². The van der Waals surface area contributed by atoms with Crippen molar-refractivity contribution in [2.45, 2.75) is 92.3 Å². The number of allylic oxidation sites excluding steroid dienone is 2. The average Bonchev–Trinajstić information content (AvgIpc) is 4.12. The molecule has 6 amide bonds. The van der Waals surface area contributed by atoms with E-state index in [0.29, 0.717) is 109 Å². The van der Waals surface area contributed by atoms with Crippen molar-refractivity contribution in [3.05, 3.63) is 88.5 Å². The van der Waals surface area contributed by atoms with Crippen LogP contribution in [0, 0.1) is 13.8 Å². The van der Waals surface area contributed by atoms with Gasteiger partial charge in [0, 0.05) is 63.5 Å². The number of carbonyl (C=O) groups is 6. The number of carbonyl (C=O) groups excluding carboxylic acids is 6. The highest BCUT2D eigenvalue weighted by atomic mass is 16.7. The van der Waals surface area contributed by atoms with Crippen molar-refractivity contribution in [1.82, 2.24) is 53.9 Å². The lowest BCUT2D eigenvalue weighted by Crippen LogP contribution is -2.70. The fraction of sp³-hybridized carbons (Fsp3) is 0.440. The third-order valence-corrected chi connectivity index (χ3v) is 12.4. The number of nitrogens with zero attached hydrogens (tertiary/aromatic N) is 10. The zero-order valence-electron chi connectivity index (χ0n) is 43.1. The quantitative estimate of drug-likeness (QED) is 0.0415. The van der Waals surface area contributed by atoms with Gasteiger partial charge in [0.25, 0.3) is 17.7 Å². The molecule has 7 N–H and O–H groups in total. The van der Waals surface area contributed by atoms with Gasteiger partial charge in [-0.1, -0.05) is 12.2 Å². The van der Waals surface area contributed by atoms with E-state index in [-0.39, 0.29) is 55.2 Å². The zero-order chi connectivity index (χ0) is 53.8. The fourth-order valence-electron chi connectivity index (χ4n) is 9.14. The van der Waals surface area contributed by atoms with Gasteiger partial charge in [-0.2, -0.15) is 15.7 Å². The number of nitrogens with two attached hydrogens (primary N) is 2. The monoisotopic (exact) mass is 1030 g/mol. The number of nitrogens with one attached hydrogen (secondary N) is 3. The maximum absolute atomic E-state index is 13.9. The number of hydrogen-bond donors (Lipinski definition) is 5. The first-order valence-electron chi connectivity index (χ1n) is 24.6. The maximum atomic E-state index is 13.9. The Bertz CT molecular complexity index is 3190. The van der Waals surface area contributed by atoms with Crippen molar-refractivity contribution < 1.29 is 47.8 Å². The maximum Gasteiger partial charge on any atom is 0.431 e. The number of morpholine rings is 1. The Hall–Kier alpha value is -8.16. The summed E-state index contributed by atoms with van der Waals surface area (Å²) in [5.74, 6) is -1.81. The molecule has 75 heavy (non-hydrogen) atoms. The minimum atomic E-state index is -0.788. The van der Waals surface area contributed by atoms with E-state index in [1.165, 1.54) is 0 Å². The summed E-state index contributed by atoms with van der Waals surface area (Å²) in [4.78, 5) is 95.8. The van der Waals surface area contributed by atoms with Gasteiger partial charge in [0.2, 0.25) is 23.7 Å². The van der Waals surface area contributed by atoms with E-state index in [1.807, 2.05) is 26.0 Å². The molecular formula is C50H63N15O10. The van der Waals surface area contributed by atoms with Crippen molar-refractivity contribution in [1.29, 1.82) is 0 Å². The Morgan fingerprint density at radius 2 is 1.39 bits per heavy atom. The zero-order valence-corrected chi connectivity index (χ0v) is 43.1. The Balaban J connectivity index is 0.997. The van der Waals surface area contributed by atoms with Gasteiger partial charge >= 0.3 is 6.09 Å². The smallest absolute Gasteiger partial charge is 0.431 e. The molecule has 398 valence electrons. The molecule has 25 nitrogen and oxygen atoms in total. The highest BCUT2D eigenvalue weighted by Crippen LogP contribution is 2.33. The molecule has 0 atom stereocenters. The van der Waals surface area contributed by atoms with Crippen LogP contribution in [0.3, 0.4) is 0 Å². The Kier molecular flexibility index (Phi) is 15.7.